The van der Waals surface area contributed by atoms with E-state index in [4.69, 9.17) is 15.4 Å². The number of fused-ring (bicyclic) bond motifs is 4. The third kappa shape index (κ3) is 3.89. The van der Waals surface area contributed by atoms with Gasteiger partial charge < -0.3 is 20.3 Å². The largest absolute Gasteiger partial charge is 0.475 e. The molecule has 0 aliphatic heterocycles. The summed E-state index contributed by atoms with van der Waals surface area (Å²) in [5, 5.41) is 14.3. The zero-order chi connectivity index (χ0) is 19.8. The molecule has 10 heteroatoms. The van der Waals surface area contributed by atoms with Gasteiger partial charge in [-0.2, -0.15) is 0 Å². The van der Waals surface area contributed by atoms with E-state index in [0.29, 0.717) is 16.8 Å². The van der Waals surface area contributed by atoms with Crippen molar-refractivity contribution in [3.05, 3.63) is 56.1 Å². The molecule has 0 radical (unpaired) electrons. The van der Waals surface area contributed by atoms with E-state index in [9.17, 15) is 9.59 Å². The second-order valence-electron chi connectivity index (χ2n) is 6.56. The van der Waals surface area contributed by atoms with E-state index in [2.05, 4.69) is 15.1 Å². The number of aromatic amines is 1. The minimum Gasteiger partial charge on any atom is -0.475 e. The molecule has 1 aliphatic rings. The lowest BCUT2D eigenvalue weighted by atomic mass is 10.1. The standard InChI is InChI=1S/C10H8N2O3S.C9H10N2O.ClH/c13-8-6-4-2-1-3-5(4)16-9(6)12-7(11-8)10(14)15;1-6-8-4-7(5-10)2-3-9(8)12-11-6;/h1-3H2,(H,14,15)(H,11,12,13);2-4H,5,10H2,1H3;1H. The minimum absolute atomic E-state index is 0. The average Bonchev–Trinajstić information content (AvgIpc) is 3.36. The van der Waals surface area contributed by atoms with Crippen molar-refractivity contribution in [3.63, 3.8) is 0 Å². The molecule has 8 nitrogen and oxygen atoms in total. The highest BCUT2D eigenvalue weighted by atomic mass is 35.5. The van der Waals surface area contributed by atoms with Crippen LogP contribution in [0.15, 0.2) is 27.5 Å². The fourth-order valence-corrected chi connectivity index (χ4v) is 4.60. The van der Waals surface area contributed by atoms with E-state index in [1.165, 1.54) is 16.2 Å². The van der Waals surface area contributed by atoms with Gasteiger partial charge in [0.15, 0.2) is 5.58 Å². The molecule has 0 atom stereocenters. The summed E-state index contributed by atoms with van der Waals surface area (Å²) in [5.74, 6) is -1.48. The molecule has 3 aromatic heterocycles. The van der Waals surface area contributed by atoms with Crippen LogP contribution in [0.3, 0.4) is 0 Å². The summed E-state index contributed by atoms with van der Waals surface area (Å²) in [4.78, 5) is 30.5. The lowest BCUT2D eigenvalue weighted by Gasteiger charge is -1.95. The van der Waals surface area contributed by atoms with Gasteiger partial charge in [-0.3, -0.25) is 4.79 Å². The molecule has 0 saturated heterocycles. The Bertz CT molecular complexity index is 1260. The first kappa shape index (κ1) is 21.0. The van der Waals surface area contributed by atoms with Crippen LogP contribution in [0.5, 0.6) is 0 Å². The second kappa shape index (κ2) is 8.32. The van der Waals surface area contributed by atoms with Crippen LogP contribution in [-0.4, -0.2) is 26.2 Å². The molecule has 5 rings (SSSR count). The normalized spacial score (nSPS) is 12.3. The SMILES string of the molecule is Cc1noc2ccc(CN)cc12.Cl.O=C(O)c1nc2sc3c(c2c(=O)[nH]1)CCC3. The third-order valence-electron chi connectivity index (χ3n) is 4.73. The van der Waals surface area contributed by atoms with Crippen molar-refractivity contribution in [2.24, 2.45) is 5.73 Å². The topological polar surface area (TPSA) is 135 Å². The Balaban J connectivity index is 0.000000167. The number of halogens is 1. The van der Waals surface area contributed by atoms with Gasteiger partial charge in [0.1, 0.15) is 4.83 Å². The predicted molar refractivity (Wildman–Crippen MR) is 113 cm³/mol. The first-order valence-corrected chi connectivity index (χ1v) is 9.62. The van der Waals surface area contributed by atoms with Crippen LogP contribution in [0.2, 0.25) is 0 Å². The Morgan fingerprint density at radius 2 is 2.17 bits per heavy atom. The maximum Gasteiger partial charge on any atom is 0.372 e. The number of benzene rings is 1. The van der Waals surface area contributed by atoms with Crippen LogP contribution in [-0.2, 0) is 19.4 Å². The zero-order valence-electron chi connectivity index (χ0n) is 15.5. The van der Waals surface area contributed by atoms with Gasteiger partial charge >= 0.3 is 5.97 Å². The minimum atomic E-state index is -1.20. The number of nitrogens with one attached hydrogen (secondary N) is 1. The van der Waals surface area contributed by atoms with Gasteiger partial charge in [0.2, 0.25) is 5.82 Å². The number of H-pyrrole nitrogens is 1. The molecule has 4 N–H and O–H groups in total. The van der Waals surface area contributed by atoms with E-state index in [0.717, 1.165) is 47.1 Å². The number of carboxylic acid groups (broad SMARTS) is 1. The third-order valence-corrected chi connectivity index (χ3v) is 5.91. The van der Waals surface area contributed by atoms with Crippen LogP contribution in [0.25, 0.3) is 21.2 Å². The molecular weight excluding hydrogens is 416 g/mol. The molecule has 0 fully saturated rings. The van der Waals surface area contributed by atoms with Gasteiger partial charge in [0.05, 0.1) is 11.1 Å². The molecule has 0 bridgehead atoms. The maximum absolute atomic E-state index is 11.8. The number of carboxylic acids is 1. The van der Waals surface area contributed by atoms with Gasteiger partial charge in [-0.15, -0.1) is 23.7 Å². The summed E-state index contributed by atoms with van der Waals surface area (Å²) < 4.78 is 5.06. The molecule has 0 unspecified atom stereocenters. The van der Waals surface area contributed by atoms with E-state index in [1.807, 2.05) is 25.1 Å². The Morgan fingerprint density at radius 1 is 1.38 bits per heavy atom. The number of hydrogen-bond acceptors (Lipinski definition) is 7. The highest BCUT2D eigenvalue weighted by Crippen LogP contribution is 2.34. The van der Waals surface area contributed by atoms with Crippen molar-refractivity contribution in [3.8, 4) is 0 Å². The molecule has 4 aromatic rings. The Morgan fingerprint density at radius 3 is 2.90 bits per heavy atom. The molecule has 29 heavy (non-hydrogen) atoms. The number of aryl methyl sites for hydroxylation is 3. The van der Waals surface area contributed by atoms with Crippen molar-refractivity contribution in [2.45, 2.75) is 32.7 Å². The van der Waals surface area contributed by atoms with Crippen LogP contribution in [0.1, 0.15) is 38.7 Å². The van der Waals surface area contributed by atoms with Crippen molar-refractivity contribution in [1.82, 2.24) is 15.1 Å². The highest BCUT2D eigenvalue weighted by molar-refractivity contribution is 7.18. The van der Waals surface area contributed by atoms with Crippen LogP contribution in [0.4, 0.5) is 0 Å². The number of nitrogens with zero attached hydrogens (tertiary/aromatic N) is 2. The van der Waals surface area contributed by atoms with Gasteiger partial charge in [-0.1, -0.05) is 11.2 Å². The molecular formula is C19H19ClN4O4S. The maximum atomic E-state index is 11.8. The lowest BCUT2D eigenvalue weighted by Crippen LogP contribution is -2.15. The van der Waals surface area contributed by atoms with E-state index in [1.54, 1.807) is 0 Å². The molecule has 1 aliphatic carbocycles. The van der Waals surface area contributed by atoms with E-state index < -0.39 is 5.97 Å². The van der Waals surface area contributed by atoms with E-state index in [-0.39, 0.29) is 23.8 Å². The monoisotopic (exact) mass is 434 g/mol. The smallest absolute Gasteiger partial charge is 0.372 e. The summed E-state index contributed by atoms with van der Waals surface area (Å²) in [6.45, 7) is 2.48. The number of hydrogen-bond donors (Lipinski definition) is 3. The average molecular weight is 435 g/mol. The van der Waals surface area contributed by atoms with E-state index >= 15 is 0 Å². The fraction of sp³-hybridized carbons (Fsp3) is 0.263. The molecule has 0 saturated carbocycles. The van der Waals surface area contributed by atoms with Gasteiger partial charge in [0, 0.05) is 16.8 Å². The second-order valence-corrected chi connectivity index (χ2v) is 7.64. The molecule has 0 amide bonds. The van der Waals surface area contributed by atoms with Gasteiger partial charge in [-0.25, -0.2) is 9.78 Å². The van der Waals surface area contributed by atoms with Crippen molar-refractivity contribution in [1.29, 1.82) is 0 Å². The van der Waals surface area contributed by atoms with Crippen molar-refractivity contribution >= 4 is 50.9 Å². The lowest BCUT2D eigenvalue weighted by molar-refractivity contribution is 0.0683. The Labute approximate surface area is 175 Å². The van der Waals surface area contributed by atoms with Crippen LogP contribution in [0, 0.1) is 6.92 Å². The first-order chi connectivity index (χ1) is 13.5. The molecule has 0 spiro atoms. The number of thiophene rings is 1. The van der Waals surface area contributed by atoms with Gasteiger partial charge in [-0.05, 0) is 49.4 Å². The molecule has 1 aromatic carbocycles. The molecule has 3 heterocycles. The summed E-state index contributed by atoms with van der Waals surface area (Å²) in [7, 11) is 0. The van der Waals surface area contributed by atoms with Crippen LogP contribution >= 0.6 is 23.7 Å². The number of aromatic carboxylic acids is 1. The highest BCUT2D eigenvalue weighted by Gasteiger charge is 2.22. The van der Waals surface area contributed by atoms with Crippen molar-refractivity contribution < 1.29 is 14.4 Å². The number of nitrogens with two attached hydrogens (primary N) is 1. The molecule has 152 valence electrons. The Kier molecular flexibility index (Phi) is 6.02. The summed E-state index contributed by atoms with van der Waals surface area (Å²) in [6.07, 6.45) is 2.93. The Hall–Kier alpha value is -2.75. The summed E-state index contributed by atoms with van der Waals surface area (Å²) in [5.41, 5.74) is 9.08. The summed E-state index contributed by atoms with van der Waals surface area (Å²) >= 11 is 1.44. The summed E-state index contributed by atoms with van der Waals surface area (Å²) in [6, 6.07) is 5.87. The van der Waals surface area contributed by atoms with Crippen LogP contribution < -0.4 is 11.3 Å². The predicted octanol–water partition coefficient (Wildman–Crippen LogP) is 3.19. The number of carbonyl (C=O) groups is 1. The zero-order valence-corrected chi connectivity index (χ0v) is 17.2. The first-order valence-electron chi connectivity index (χ1n) is 8.80. The number of rotatable bonds is 2. The fourth-order valence-electron chi connectivity index (χ4n) is 3.34. The van der Waals surface area contributed by atoms with Crippen molar-refractivity contribution in [2.75, 3.05) is 0 Å². The van der Waals surface area contributed by atoms with Gasteiger partial charge in [0.25, 0.3) is 5.56 Å². The quantitative estimate of drug-likeness (QED) is 0.440. The number of aromatic nitrogens is 3.